The second-order valence-electron chi connectivity index (χ2n) is 7.45. The maximum Gasteiger partial charge on any atom is 0.317 e. The van der Waals surface area contributed by atoms with Crippen molar-refractivity contribution in [2.45, 2.75) is 57.4 Å². The first kappa shape index (κ1) is 17.5. The molecule has 4 rings (SSSR count). The van der Waals surface area contributed by atoms with E-state index < -0.39 is 0 Å². The average molecular weight is 375 g/mol. The smallest absolute Gasteiger partial charge is 0.317 e. The van der Waals surface area contributed by atoms with Crippen LogP contribution in [0.15, 0.2) is 22.0 Å². The van der Waals surface area contributed by atoms with E-state index in [0.29, 0.717) is 24.2 Å². The molecule has 0 radical (unpaired) electrons. The van der Waals surface area contributed by atoms with Gasteiger partial charge in [-0.15, -0.1) is 11.3 Å². The van der Waals surface area contributed by atoms with Crippen LogP contribution in [0.5, 0.6) is 0 Å². The van der Waals surface area contributed by atoms with Crippen LogP contribution in [0.3, 0.4) is 0 Å². The predicted molar refractivity (Wildman–Crippen MR) is 100 cm³/mol. The van der Waals surface area contributed by atoms with Crippen LogP contribution in [0.25, 0.3) is 0 Å². The van der Waals surface area contributed by atoms with Crippen molar-refractivity contribution in [1.82, 2.24) is 20.4 Å². The van der Waals surface area contributed by atoms with Crippen molar-refractivity contribution < 1.29 is 9.32 Å². The molecule has 3 heterocycles. The summed E-state index contributed by atoms with van der Waals surface area (Å²) in [7, 11) is 0. The molecule has 1 saturated carbocycles. The summed E-state index contributed by atoms with van der Waals surface area (Å²) in [5, 5.41) is 9.33. The fourth-order valence-electron chi connectivity index (χ4n) is 4.25. The van der Waals surface area contributed by atoms with Gasteiger partial charge in [-0.2, -0.15) is 4.98 Å². The third kappa shape index (κ3) is 3.77. The van der Waals surface area contributed by atoms with Crippen molar-refractivity contribution in [2.24, 2.45) is 5.92 Å². The van der Waals surface area contributed by atoms with Crippen LogP contribution in [0.2, 0.25) is 0 Å². The number of aromatic nitrogens is 2. The standard InChI is InChI=1S/C19H26N4O2S/c1-13-20-18(25-22-13)15-8-4-10-23(12-15)19(24)21-17(14-6-2-3-7-14)16-9-5-11-26-16/h5,9,11,14-15,17H,2-4,6-8,10,12H2,1H3,(H,21,24)/t15-,17-/m0/s1. The summed E-state index contributed by atoms with van der Waals surface area (Å²) in [5.41, 5.74) is 0. The Bertz CT molecular complexity index is 724. The lowest BCUT2D eigenvalue weighted by Gasteiger charge is -2.33. The van der Waals surface area contributed by atoms with Crippen LogP contribution < -0.4 is 5.32 Å². The lowest BCUT2D eigenvalue weighted by Crippen LogP contribution is -2.47. The Morgan fingerprint density at radius 2 is 2.19 bits per heavy atom. The fourth-order valence-corrected chi connectivity index (χ4v) is 5.12. The number of amides is 2. The van der Waals surface area contributed by atoms with Gasteiger partial charge in [-0.25, -0.2) is 4.79 Å². The number of rotatable bonds is 4. The highest BCUT2D eigenvalue weighted by atomic mass is 32.1. The zero-order chi connectivity index (χ0) is 17.9. The van der Waals surface area contributed by atoms with Crippen LogP contribution >= 0.6 is 11.3 Å². The van der Waals surface area contributed by atoms with E-state index in [2.05, 4.69) is 33.0 Å². The summed E-state index contributed by atoms with van der Waals surface area (Å²) in [6, 6.07) is 4.39. The van der Waals surface area contributed by atoms with Gasteiger partial charge in [0.2, 0.25) is 5.89 Å². The van der Waals surface area contributed by atoms with E-state index in [1.807, 2.05) is 11.8 Å². The molecule has 0 bridgehead atoms. The molecule has 2 aromatic heterocycles. The molecule has 1 aliphatic heterocycles. The Morgan fingerprint density at radius 1 is 1.35 bits per heavy atom. The monoisotopic (exact) mass is 374 g/mol. The molecule has 1 saturated heterocycles. The second-order valence-corrected chi connectivity index (χ2v) is 8.43. The lowest BCUT2D eigenvalue weighted by atomic mass is 9.96. The van der Waals surface area contributed by atoms with Crippen LogP contribution in [-0.4, -0.2) is 34.2 Å². The van der Waals surface area contributed by atoms with E-state index in [9.17, 15) is 4.79 Å². The van der Waals surface area contributed by atoms with Crippen LogP contribution in [0.4, 0.5) is 4.79 Å². The van der Waals surface area contributed by atoms with Gasteiger partial charge in [0.15, 0.2) is 5.82 Å². The van der Waals surface area contributed by atoms with E-state index >= 15 is 0 Å². The van der Waals surface area contributed by atoms with Crippen LogP contribution in [-0.2, 0) is 0 Å². The fraction of sp³-hybridized carbons (Fsp3) is 0.632. The van der Waals surface area contributed by atoms with Crippen molar-refractivity contribution in [1.29, 1.82) is 0 Å². The number of hydrogen-bond donors (Lipinski definition) is 1. The molecule has 2 aromatic rings. The van der Waals surface area contributed by atoms with Gasteiger partial charge >= 0.3 is 6.03 Å². The molecule has 26 heavy (non-hydrogen) atoms. The summed E-state index contributed by atoms with van der Waals surface area (Å²) in [5.74, 6) is 2.00. The summed E-state index contributed by atoms with van der Waals surface area (Å²) >= 11 is 1.74. The van der Waals surface area contributed by atoms with Gasteiger partial charge in [-0.05, 0) is 50.0 Å². The highest BCUT2D eigenvalue weighted by Gasteiger charge is 2.32. The van der Waals surface area contributed by atoms with Crippen LogP contribution in [0.1, 0.15) is 67.1 Å². The van der Waals surface area contributed by atoms with E-state index in [-0.39, 0.29) is 18.0 Å². The third-order valence-corrected chi connectivity index (χ3v) is 6.56. The summed E-state index contributed by atoms with van der Waals surface area (Å²) in [4.78, 5) is 20.5. The van der Waals surface area contributed by atoms with Crippen LogP contribution in [0, 0.1) is 12.8 Å². The Balaban J connectivity index is 1.43. The first-order valence-electron chi connectivity index (χ1n) is 9.60. The van der Waals surface area contributed by atoms with Gasteiger partial charge in [0.25, 0.3) is 0 Å². The number of hydrogen-bond acceptors (Lipinski definition) is 5. The zero-order valence-corrected chi connectivity index (χ0v) is 16.0. The largest absolute Gasteiger partial charge is 0.339 e. The normalized spacial score (nSPS) is 22.5. The van der Waals surface area contributed by atoms with Gasteiger partial charge in [-0.1, -0.05) is 24.1 Å². The van der Waals surface area contributed by atoms with Crippen molar-refractivity contribution in [3.63, 3.8) is 0 Å². The van der Waals surface area contributed by atoms with Gasteiger partial charge in [0.1, 0.15) is 0 Å². The molecule has 7 heteroatoms. The molecule has 6 nitrogen and oxygen atoms in total. The van der Waals surface area contributed by atoms with Crippen molar-refractivity contribution in [3.05, 3.63) is 34.1 Å². The molecule has 0 aromatic carbocycles. The Morgan fingerprint density at radius 3 is 2.88 bits per heavy atom. The van der Waals surface area contributed by atoms with Gasteiger partial charge in [0.05, 0.1) is 12.0 Å². The van der Waals surface area contributed by atoms with Crippen molar-refractivity contribution in [2.75, 3.05) is 13.1 Å². The van der Waals surface area contributed by atoms with Crippen molar-refractivity contribution in [3.8, 4) is 0 Å². The number of likely N-dealkylation sites (tertiary alicyclic amines) is 1. The first-order chi connectivity index (χ1) is 12.7. The molecule has 1 aliphatic carbocycles. The maximum absolute atomic E-state index is 13.0. The molecule has 1 N–H and O–H groups in total. The third-order valence-electron chi connectivity index (χ3n) is 5.60. The van der Waals surface area contributed by atoms with E-state index in [1.165, 1.54) is 30.6 Å². The maximum atomic E-state index is 13.0. The zero-order valence-electron chi connectivity index (χ0n) is 15.2. The molecule has 0 unspecified atom stereocenters. The number of nitrogens with one attached hydrogen (secondary N) is 1. The number of urea groups is 1. The van der Waals surface area contributed by atoms with E-state index in [1.54, 1.807) is 11.3 Å². The number of nitrogens with zero attached hydrogens (tertiary/aromatic N) is 3. The number of aryl methyl sites for hydroxylation is 1. The highest BCUT2D eigenvalue weighted by molar-refractivity contribution is 7.10. The number of carbonyl (C=O) groups is 1. The Hall–Kier alpha value is -1.89. The predicted octanol–water partition coefficient (Wildman–Crippen LogP) is 4.26. The number of carbonyl (C=O) groups excluding carboxylic acids is 1. The Labute approximate surface area is 158 Å². The van der Waals surface area contributed by atoms with E-state index in [4.69, 9.17) is 4.52 Å². The topological polar surface area (TPSA) is 71.3 Å². The number of thiophene rings is 1. The second kappa shape index (κ2) is 7.78. The minimum Gasteiger partial charge on any atom is -0.339 e. The lowest BCUT2D eigenvalue weighted by molar-refractivity contribution is 0.165. The number of piperidine rings is 1. The van der Waals surface area contributed by atoms with Gasteiger partial charge in [-0.3, -0.25) is 0 Å². The van der Waals surface area contributed by atoms with Gasteiger partial charge < -0.3 is 14.7 Å². The molecule has 2 atom stereocenters. The summed E-state index contributed by atoms with van der Waals surface area (Å²) < 4.78 is 5.34. The van der Waals surface area contributed by atoms with Gasteiger partial charge in [0, 0.05) is 18.0 Å². The molecular weight excluding hydrogens is 348 g/mol. The van der Waals surface area contributed by atoms with E-state index in [0.717, 1.165) is 19.4 Å². The minimum absolute atomic E-state index is 0.0382. The summed E-state index contributed by atoms with van der Waals surface area (Å²) in [6.07, 6.45) is 6.89. The molecule has 0 spiro atoms. The molecule has 140 valence electrons. The molecule has 2 fully saturated rings. The Kier molecular flexibility index (Phi) is 5.24. The quantitative estimate of drug-likeness (QED) is 0.868. The average Bonchev–Trinajstić information content (AvgIpc) is 3.41. The summed E-state index contributed by atoms with van der Waals surface area (Å²) in [6.45, 7) is 3.26. The first-order valence-corrected chi connectivity index (χ1v) is 10.5. The SMILES string of the molecule is Cc1noc([C@H]2CCCN(C(=O)N[C@H](c3cccs3)C3CCCC3)C2)n1. The molecule has 2 aliphatic rings. The molecular formula is C19H26N4O2S. The van der Waals surface area contributed by atoms with Crippen molar-refractivity contribution >= 4 is 17.4 Å². The highest BCUT2D eigenvalue weighted by Crippen LogP contribution is 2.37. The minimum atomic E-state index is 0.0382. The molecule has 2 amide bonds.